The molecule has 1 aromatic rings. The Morgan fingerprint density at radius 3 is 3.00 bits per heavy atom. The molecule has 2 rings (SSSR count). The van der Waals surface area contributed by atoms with Crippen molar-refractivity contribution in [2.24, 2.45) is 4.99 Å². The van der Waals surface area contributed by atoms with E-state index in [1.807, 2.05) is 13.0 Å². The van der Waals surface area contributed by atoms with Crippen molar-refractivity contribution in [1.29, 1.82) is 0 Å². The van der Waals surface area contributed by atoms with Crippen molar-refractivity contribution in [3.8, 4) is 0 Å². The molecule has 0 amide bonds. The van der Waals surface area contributed by atoms with Crippen LogP contribution in [0.25, 0.3) is 0 Å². The summed E-state index contributed by atoms with van der Waals surface area (Å²) in [5.41, 5.74) is 1.06. The number of thioether (sulfide) groups is 1. The van der Waals surface area contributed by atoms with Gasteiger partial charge >= 0.3 is 0 Å². The fourth-order valence-electron chi connectivity index (χ4n) is 2.08. The molecule has 2 unspecified atom stereocenters. The largest absolute Gasteiger partial charge is 0.360 e. The maximum absolute atomic E-state index is 13.2. The lowest BCUT2D eigenvalue weighted by Gasteiger charge is -2.35. The van der Waals surface area contributed by atoms with Crippen LogP contribution < -0.4 is 5.32 Å². The number of aliphatic imine (C=N–C) groups is 1. The first-order valence-electron chi connectivity index (χ1n) is 6.77. The molecule has 0 radical (unpaired) electrons. The second-order valence-electron chi connectivity index (χ2n) is 5.30. The van der Waals surface area contributed by atoms with Gasteiger partial charge in [-0.25, -0.2) is 4.39 Å². The minimum absolute atomic E-state index is 0.0232. The third-order valence-corrected chi connectivity index (χ3v) is 4.61. The number of nitrogens with one attached hydrogen (secondary N) is 1. The predicted molar refractivity (Wildman–Crippen MR) is 81.2 cm³/mol. The number of amidine groups is 1. The molecular formula is C15H21FN2S. The summed E-state index contributed by atoms with van der Waals surface area (Å²) in [4.78, 5) is 4.69. The van der Waals surface area contributed by atoms with Gasteiger partial charge in [0.15, 0.2) is 5.17 Å². The second-order valence-corrected chi connectivity index (χ2v) is 6.39. The molecule has 0 spiro atoms. The Kier molecular flexibility index (Phi) is 4.50. The lowest BCUT2D eigenvalue weighted by molar-refractivity contribution is 0.389. The van der Waals surface area contributed by atoms with Crippen molar-refractivity contribution in [3.63, 3.8) is 0 Å². The topological polar surface area (TPSA) is 24.4 Å². The average molecular weight is 280 g/mol. The van der Waals surface area contributed by atoms with E-state index in [1.54, 1.807) is 23.9 Å². The van der Waals surface area contributed by atoms with Crippen molar-refractivity contribution in [3.05, 3.63) is 35.6 Å². The van der Waals surface area contributed by atoms with Crippen molar-refractivity contribution < 1.29 is 4.39 Å². The predicted octanol–water partition coefficient (Wildman–Crippen LogP) is 4.14. The maximum Gasteiger partial charge on any atom is 0.157 e. The molecule has 19 heavy (non-hydrogen) atoms. The van der Waals surface area contributed by atoms with Crippen LogP contribution in [0.5, 0.6) is 0 Å². The fourth-order valence-corrected chi connectivity index (χ4v) is 3.38. The lowest BCUT2D eigenvalue weighted by Crippen LogP contribution is -2.48. The molecule has 1 aromatic carbocycles. The van der Waals surface area contributed by atoms with Crippen LogP contribution in [-0.4, -0.2) is 16.5 Å². The molecule has 0 bridgehead atoms. The Morgan fingerprint density at radius 2 is 2.32 bits per heavy atom. The van der Waals surface area contributed by atoms with E-state index in [1.165, 1.54) is 6.07 Å². The summed E-state index contributed by atoms with van der Waals surface area (Å²) in [5, 5.41) is 4.49. The smallest absolute Gasteiger partial charge is 0.157 e. The van der Waals surface area contributed by atoms with Gasteiger partial charge in [-0.05, 0) is 44.4 Å². The van der Waals surface area contributed by atoms with Crippen LogP contribution >= 0.6 is 11.8 Å². The summed E-state index contributed by atoms with van der Waals surface area (Å²) in [6.07, 6.45) is 2.24. The van der Waals surface area contributed by atoms with Crippen molar-refractivity contribution in [1.82, 2.24) is 5.32 Å². The highest BCUT2D eigenvalue weighted by Gasteiger charge is 2.27. The van der Waals surface area contributed by atoms with Crippen LogP contribution in [0.2, 0.25) is 0 Å². The van der Waals surface area contributed by atoms with Gasteiger partial charge in [0.05, 0.1) is 6.04 Å². The van der Waals surface area contributed by atoms with Gasteiger partial charge < -0.3 is 5.32 Å². The lowest BCUT2D eigenvalue weighted by atomic mass is 9.96. The minimum atomic E-state index is -0.202. The van der Waals surface area contributed by atoms with Crippen LogP contribution in [0.15, 0.2) is 29.3 Å². The number of hydrogen-bond donors (Lipinski definition) is 1. The van der Waals surface area contributed by atoms with Crippen LogP contribution in [0.4, 0.5) is 4.39 Å². The highest BCUT2D eigenvalue weighted by atomic mass is 32.2. The quantitative estimate of drug-likeness (QED) is 0.900. The van der Waals surface area contributed by atoms with E-state index in [-0.39, 0.29) is 17.4 Å². The molecule has 104 valence electrons. The van der Waals surface area contributed by atoms with Crippen LogP contribution in [0, 0.1) is 5.82 Å². The molecule has 0 aromatic heterocycles. The molecule has 2 atom stereocenters. The molecule has 2 nitrogen and oxygen atoms in total. The third-order valence-electron chi connectivity index (χ3n) is 3.72. The third kappa shape index (κ3) is 3.72. The monoisotopic (exact) mass is 280 g/mol. The Morgan fingerprint density at radius 1 is 1.53 bits per heavy atom. The maximum atomic E-state index is 13.2. The van der Waals surface area contributed by atoms with E-state index in [0.717, 1.165) is 29.3 Å². The van der Waals surface area contributed by atoms with E-state index in [0.29, 0.717) is 0 Å². The Hall–Kier alpha value is -1.03. The first kappa shape index (κ1) is 14.4. The van der Waals surface area contributed by atoms with Gasteiger partial charge in [0.2, 0.25) is 0 Å². The highest BCUT2D eigenvalue weighted by Crippen LogP contribution is 2.27. The molecule has 0 saturated carbocycles. The Balaban J connectivity index is 2.12. The molecular weight excluding hydrogens is 259 g/mol. The SMILES string of the molecule is CCC1(C)CCSC(=NC(C)c2cccc(F)c2)N1. The van der Waals surface area contributed by atoms with E-state index >= 15 is 0 Å². The molecule has 1 aliphatic heterocycles. The van der Waals surface area contributed by atoms with Gasteiger partial charge in [-0.2, -0.15) is 0 Å². The fraction of sp³-hybridized carbons (Fsp3) is 0.533. The molecule has 1 N–H and O–H groups in total. The van der Waals surface area contributed by atoms with Gasteiger partial charge in [-0.1, -0.05) is 30.8 Å². The average Bonchev–Trinajstić information content (AvgIpc) is 2.39. The Bertz CT molecular complexity index is 475. The molecule has 1 fully saturated rings. The van der Waals surface area contributed by atoms with Gasteiger partial charge in [0, 0.05) is 11.3 Å². The number of hydrogen-bond acceptors (Lipinski definition) is 2. The summed E-state index contributed by atoms with van der Waals surface area (Å²) >= 11 is 1.75. The summed E-state index contributed by atoms with van der Waals surface area (Å²) < 4.78 is 13.2. The number of nitrogens with zero attached hydrogens (tertiary/aromatic N) is 1. The van der Waals surface area contributed by atoms with Crippen molar-refractivity contribution in [2.75, 3.05) is 5.75 Å². The number of benzene rings is 1. The minimum Gasteiger partial charge on any atom is -0.360 e. The molecule has 1 aliphatic rings. The molecule has 1 heterocycles. The zero-order chi connectivity index (χ0) is 13.9. The second kappa shape index (κ2) is 5.95. The number of halogens is 1. The van der Waals surface area contributed by atoms with Gasteiger partial charge in [-0.3, -0.25) is 4.99 Å². The zero-order valence-corrected chi connectivity index (χ0v) is 12.6. The summed E-state index contributed by atoms with van der Waals surface area (Å²) in [6.45, 7) is 6.42. The summed E-state index contributed by atoms with van der Waals surface area (Å²) in [6, 6.07) is 6.65. The van der Waals surface area contributed by atoms with Gasteiger partial charge in [0.1, 0.15) is 5.82 Å². The normalized spacial score (nSPS) is 27.1. The van der Waals surface area contributed by atoms with E-state index < -0.39 is 0 Å². The number of rotatable bonds is 3. The van der Waals surface area contributed by atoms with E-state index in [9.17, 15) is 4.39 Å². The van der Waals surface area contributed by atoms with E-state index in [2.05, 4.69) is 19.2 Å². The van der Waals surface area contributed by atoms with Crippen LogP contribution in [0.1, 0.15) is 45.2 Å². The molecule has 4 heteroatoms. The summed E-state index contributed by atoms with van der Waals surface area (Å²) in [7, 11) is 0. The van der Waals surface area contributed by atoms with Crippen molar-refractivity contribution >= 4 is 16.9 Å². The first-order chi connectivity index (χ1) is 9.02. The summed E-state index contributed by atoms with van der Waals surface area (Å²) in [5.74, 6) is 0.888. The highest BCUT2D eigenvalue weighted by molar-refractivity contribution is 8.13. The first-order valence-corrected chi connectivity index (χ1v) is 7.75. The van der Waals surface area contributed by atoms with E-state index in [4.69, 9.17) is 4.99 Å². The van der Waals surface area contributed by atoms with Crippen LogP contribution in [0.3, 0.4) is 0 Å². The van der Waals surface area contributed by atoms with Crippen molar-refractivity contribution in [2.45, 2.75) is 45.2 Å². The molecule has 0 aliphatic carbocycles. The van der Waals surface area contributed by atoms with Crippen LogP contribution in [-0.2, 0) is 0 Å². The van der Waals surface area contributed by atoms with Gasteiger partial charge in [-0.15, -0.1) is 0 Å². The van der Waals surface area contributed by atoms with Gasteiger partial charge in [0.25, 0.3) is 0 Å². The standard InChI is InChI=1S/C15H21FN2S/c1-4-15(3)8-9-19-14(18-15)17-11(2)12-6-5-7-13(16)10-12/h5-7,10-11H,4,8-9H2,1-3H3,(H,17,18). The molecule has 1 saturated heterocycles. The zero-order valence-electron chi connectivity index (χ0n) is 11.7. The Labute approximate surface area is 118 Å².